The van der Waals surface area contributed by atoms with Crippen molar-refractivity contribution in [2.24, 2.45) is 0 Å². The fourth-order valence-corrected chi connectivity index (χ4v) is 4.50. The maximum absolute atomic E-state index is 3.58. The summed E-state index contributed by atoms with van der Waals surface area (Å²) in [5, 5.41) is 2.15. The van der Waals surface area contributed by atoms with E-state index < -0.39 is 0 Å². The van der Waals surface area contributed by atoms with E-state index in [2.05, 4.69) is 51.1 Å². The summed E-state index contributed by atoms with van der Waals surface area (Å²) in [6, 6.07) is 2.92. The predicted octanol–water partition coefficient (Wildman–Crippen LogP) is 3.45. The van der Waals surface area contributed by atoms with Gasteiger partial charge < -0.3 is 0 Å². The molecule has 0 saturated carbocycles. The van der Waals surface area contributed by atoms with Gasteiger partial charge in [0.25, 0.3) is 0 Å². The van der Waals surface area contributed by atoms with Crippen LogP contribution in [0.5, 0.6) is 0 Å². The van der Waals surface area contributed by atoms with Crippen LogP contribution in [-0.4, -0.2) is 29.5 Å². The first-order chi connectivity index (χ1) is 6.77. The zero-order chi connectivity index (χ0) is 9.97. The lowest BCUT2D eigenvalue weighted by molar-refractivity contribution is 0.256. The third kappa shape index (κ3) is 2.54. The molecule has 1 fully saturated rings. The van der Waals surface area contributed by atoms with Gasteiger partial charge in [0.05, 0.1) is 0 Å². The van der Waals surface area contributed by atoms with Crippen molar-refractivity contribution in [2.45, 2.75) is 19.0 Å². The van der Waals surface area contributed by atoms with Gasteiger partial charge in [-0.3, -0.25) is 4.90 Å². The van der Waals surface area contributed by atoms with Gasteiger partial charge in [0.1, 0.15) is 0 Å². The second-order valence-electron chi connectivity index (χ2n) is 3.62. The Bertz CT molecular complexity index is 294. The van der Waals surface area contributed by atoms with Crippen LogP contribution in [0.25, 0.3) is 0 Å². The second-order valence-corrected chi connectivity index (χ2v) is 6.63. The summed E-state index contributed by atoms with van der Waals surface area (Å²) in [4.78, 5) is 3.93. The molecule has 0 aromatic carbocycles. The Balaban J connectivity index is 1.93. The zero-order valence-corrected chi connectivity index (χ0v) is 11.4. The molecule has 1 saturated heterocycles. The molecule has 0 bridgehead atoms. The first-order valence-corrected chi connectivity index (χ1v) is 7.60. The Morgan fingerprint density at radius 3 is 3.07 bits per heavy atom. The van der Waals surface area contributed by atoms with Crippen LogP contribution in [0.4, 0.5) is 0 Å². The molecule has 78 valence electrons. The van der Waals surface area contributed by atoms with Crippen molar-refractivity contribution >= 4 is 39.0 Å². The molecule has 14 heavy (non-hydrogen) atoms. The minimum absolute atomic E-state index is 0.786. The molecule has 1 aliphatic heterocycles. The number of thioether (sulfide) groups is 1. The Kier molecular flexibility index (Phi) is 3.93. The van der Waals surface area contributed by atoms with E-state index in [-0.39, 0.29) is 0 Å². The molecule has 1 nitrogen and oxygen atoms in total. The topological polar surface area (TPSA) is 3.24 Å². The van der Waals surface area contributed by atoms with Crippen LogP contribution in [0.1, 0.15) is 11.3 Å². The van der Waals surface area contributed by atoms with E-state index >= 15 is 0 Å². The molecule has 0 aliphatic carbocycles. The molecule has 0 N–H and O–H groups in total. The van der Waals surface area contributed by atoms with Crippen LogP contribution in [-0.2, 0) is 6.54 Å². The molecule has 1 aromatic heterocycles. The summed E-state index contributed by atoms with van der Waals surface area (Å²) in [6.45, 7) is 1.09. The summed E-state index contributed by atoms with van der Waals surface area (Å²) in [5.74, 6) is 2.64. The molecule has 1 unspecified atom stereocenters. The molecule has 0 spiro atoms. The highest BCUT2D eigenvalue weighted by Crippen LogP contribution is 2.27. The van der Waals surface area contributed by atoms with E-state index in [1.807, 2.05) is 11.3 Å². The molecule has 2 heterocycles. The van der Waals surface area contributed by atoms with Crippen molar-refractivity contribution in [1.82, 2.24) is 4.90 Å². The molecule has 0 amide bonds. The van der Waals surface area contributed by atoms with Gasteiger partial charge in [-0.15, -0.1) is 11.3 Å². The van der Waals surface area contributed by atoms with E-state index in [1.54, 1.807) is 0 Å². The molecular weight excluding hydrogens is 278 g/mol. The Hall–Kier alpha value is 0.490. The molecule has 1 aliphatic rings. The monoisotopic (exact) mass is 291 g/mol. The molecule has 1 atom stereocenters. The van der Waals surface area contributed by atoms with Crippen LogP contribution in [0.15, 0.2) is 15.9 Å². The quantitative estimate of drug-likeness (QED) is 0.839. The standard InChI is InChI=1S/C10H14BrNS2/c1-12(8-2-4-13-7-8)6-10-9(11)3-5-14-10/h3,5,8H,2,4,6-7H2,1H3. The van der Waals surface area contributed by atoms with Crippen molar-refractivity contribution in [1.29, 1.82) is 0 Å². The van der Waals surface area contributed by atoms with E-state index in [4.69, 9.17) is 0 Å². The van der Waals surface area contributed by atoms with Crippen LogP contribution in [0, 0.1) is 0 Å². The number of rotatable bonds is 3. The largest absolute Gasteiger partial charge is 0.297 e. The van der Waals surface area contributed by atoms with Gasteiger partial charge in [0, 0.05) is 27.7 Å². The summed E-state index contributed by atoms with van der Waals surface area (Å²) in [6.07, 6.45) is 1.35. The molecule has 1 aromatic rings. The first-order valence-electron chi connectivity index (χ1n) is 4.77. The number of hydrogen-bond donors (Lipinski definition) is 0. The Morgan fingerprint density at radius 2 is 2.50 bits per heavy atom. The maximum atomic E-state index is 3.58. The Labute approximate surface area is 102 Å². The van der Waals surface area contributed by atoms with Gasteiger partial charge in [0.15, 0.2) is 0 Å². The maximum Gasteiger partial charge on any atom is 0.0339 e. The highest BCUT2D eigenvalue weighted by Gasteiger charge is 2.20. The van der Waals surface area contributed by atoms with Gasteiger partial charge in [-0.25, -0.2) is 0 Å². The first kappa shape index (κ1) is 11.0. The minimum atomic E-state index is 0.786. The van der Waals surface area contributed by atoms with Crippen molar-refractivity contribution in [3.8, 4) is 0 Å². The van der Waals surface area contributed by atoms with Gasteiger partial charge in [-0.05, 0) is 46.6 Å². The van der Waals surface area contributed by atoms with Gasteiger partial charge >= 0.3 is 0 Å². The molecule has 4 heteroatoms. The summed E-state index contributed by atoms with van der Waals surface area (Å²) < 4.78 is 1.26. The van der Waals surface area contributed by atoms with E-state index in [1.165, 1.54) is 27.3 Å². The number of nitrogens with zero attached hydrogens (tertiary/aromatic N) is 1. The average Bonchev–Trinajstić information content (AvgIpc) is 2.77. The number of thiophene rings is 1. The smallest absolute Gasteiger partial charge is 0.0339 e. The number of halogens is 1. The van der Waals surface area contributed by atoms with Crippen molar-refractivity contribution in [2.75, 3.05) is 18.6 Å². The van der Waals surface area contributed by atoms with Gasteiger partial charge in [-0.2, -0.15) is 11.8 Å². The normalized spacial score (nSPS) is 22.1. The van der Waals surface area contributed by atoms with Crippen LogP contribution >= 0.6 is 39.0 Å². The summed E-state index contributed by atoms with van der Waals surface area (Å²) in [7, 11) is 2.24. The van der Waals surface area contributed by atoms with Gasteiger partial charge in [-0.1, -0.05) is 0 Å². The fourth-order valence-electron chi connectivity index (χ4n) is 1.66. The number of hydrogen-bond acceptors (Lipinski definition) is 3. The van der Waals surface area contributed by atoms with Crippen LogP contribution < -0.4 is 0 Å². The third-order valence-corrected chi connectivity index (χ3v) is 5.67. The lowest BCUT2D eigenvalue weighted by Gasteiger charge is -2.22. The van der Waals surface area contributed by atoms with Crippen molar-refractivity contribution < 1.29 is 0 Å². The zero-order valence-electron chi connectivity index (χ0n) is 8.20. The summed E-state index contributed by atoms with van der Waals surface area (Å²) >= 11 is 7.50. The highest BCUT2D eigenvalue weighted by molar-refractivity contribution is 9.10. The van der Waals surface area contributed by atoms with Crippen molar-refractivity contribution in [3.05, 3.63) is 20.8 Å². The molecule has 2 rings (SSSR count). The second kappa shape index (κ2) is 5.01. The lowest BCUT2D eigenvalue weighted by Crippen LogP contribution is -2.30. The SMILES string of the molecule is CN(Cc1sccc1Br)C1CCSC1. The van der Waals surface area contributed by atoms with E-state index in [0.29, 0.717) is 0 Å². The lowest BCUT2D eigenvalue weighted by atomic mass is 10.2. The van der Waals surface area contributed by atoms with E-state index in [9.17, 15) is 0 Å². The van der Waals surface area contributed by atoms with Gasteiger partial charge in [0.2, 0.25) is 0 Å². The van der Waals surface area contributed by atoms with Crippen LogP contribution in [0.2, 0.25) is 0 Å². The summed E-state index contributed by atoms with van der Waals surface area (Å²) in [5.41, 5.74) is 0. The average molecular weight is 292 g/mol. The third-order valence-electron chi connectivity index (χ3n) is 2.61. The Morgan fingerprint density at radius 1 is 1.64 bits per heavy atom. The van der Waals surface area contributed by atoms with Crippen molar-refractivity contribution in [3.63, 3.8) is 0 Å². The molecule has 0 radical (unpaired) electrons. The minimum Gasteiger partial charge on any atom is -0.297 e. The van der Waals surface area contributed by atoms with Crippen LogP contribution in [0.3, 0.4) is 0 Å². The highest BCUT2D eigenvalue weighted by atomic mass is 79.9. The predicted molar refractivity (Wildman–Crippen MR) is 69.2 cm³/mol. The van der Waals surface area contributed by atoms with E-state index in [0.717, 1.165) is 12.6 Å². The fraction of sp³-hybridized carbons (Fsp3) is 0.600. The molecular formula is C10H14BrNS2.